The minimum atomic E-state index is -0.190. The van der Waals surface area contributed by atoms with Crippen LogP contribution in [0.2, 0.25) is 0 Å². The highest BCUT2D eigenvalue weighted by molar-refractivity contribution is 6.00. The lowest BCUT2D eigenvalue weighted by Crippen LogP contribution is -2.35. The molecule has 0 aliphatic carbocycles. The molecule has 2 aromatic heterocycles. The third kappa shape index (κ3) is 4.98. The van der Waals surface area contributed by atoms with Crippen LogP contribution in [0.15, 0.2) is 73.4 Å². The van der Waals surface area contributed by atoms with E-state index in [-0.39, 0.29) is 11.9 Å². The van der Waals surface area contributed by atoms with Crippen LogP contribution >= 0.6 is 0 Å². The van der Waals surface area contributed by atoms with Crippen molar-refractivity contribution in [2.75, 3.05) is 7.11 Å². The van der Waals surface area contributed by atoms with Gasteiger partial charge in [-0.05, 0) is 24.6 Å². The normalized spacial score (nSPS) is 11.8. The molecule has 0 saturated carbocycles. The number of amides is 1. The summed E-state index contributed by atoms with van der Waals surface area (Å²) >= 11 is 0. The predicted octanol–water partition coefficient (Wildman–Crippen LogP) is 3.02. The first-order valence-corrected chi connectivity index (χ1v) is 10.0. The van der Waals surface area contributed by atoms with E-state index in [1.54, 1.807) is 29.0 Å². The Balaban J connectivity index is 1.62. The van der Waals surface area contributed by atoms with Gasteiger partial charge in [0.25, 0.3) is 5.91 Å². The summed E-state index contributed by atoms with van der Waals surface area (Å²) < 4.78 is 8.83. The molecule has 1 N–H and O–H groups in total. The van der Waals surface area contributed by atoms with Crippen molar-refractivity contribution in [2.45, 2.75) is 26.1 Å². The Morgan fingerprint density at radius 1 is 1.13 bits per heavy atom. The molecular formula is C23H24N6O2. The molecule has 1 atom stereocenters. The van der Waals surface area contributed by atoms with Crippen molar-refractivity contribution >= 4 is 5.91 Å². The van der Waals surface area contributed by atoms with Gasteiger partial charge in [-0.2, -0.15) is 10.2 Å². The number of methoxy groups -OCH3 is 1. The number of nitrogens with zero attached hydrogens (tertiary/aromatic N) is 5. The number of nitrogens with one attached hydrogen (secondary N) is 1. The van der Waals surface area contributed by atoms with Gasteiger partial charge < -0.3 is 10.1 Å². The third-order valence-electron chi connectivity index (χ3n) is 4.84. The summed E-state index contributed by atoms with van der Waals surface area (Å²) in [6, 6.07) is 17.4. The third-order valence-corrected chi connectivity index (χ3v) is 4.84. The number of hydrogen-bond donors (Lipinski definition) is 1. The van der Waals surface area contributed by atoms with Crippen molar-refractivity contribution in [3.05, 3.63) is 84.6 Å². The molecule has 0 radical (unpaired) electrons. The van der Waals surface area contributed by atoms with Crippen molar-refractivity contribution in [1.82, 2.24) is 29.9 Å². The van der Waals surface area contributed by atoms with Gasteiger partial charge >= 0.3 is 0 Å². The summed E-state index contributed by atoms with van der Waals surface area (Å²) in [5, 5.41) is 11.9. The van der Waals surface area contributed by atoms with E-state index in [4.69, 9.17) is 9.84 Å². The maximum absolute atomic E-state index is 13.2. The molecule has 0 aliphatic heterocycles. The number of benzene rings is 2. The molecule has 8 nitrogen and oxygen atoms in total. The molecule has 31 heavy (non-hydrogen) atoms. The summed E-state index contributed by atoms with van der Waals surface area (Å²) in [6.07, 6.45) is 4.89. The zero-order valence-corrected chi connectivity index (χ0v) is 17.5. The molecule has 0 spiro atoms. The number of hydrogen-bond acceptors (Lipinski definition) is 5. The average Bonchev–Trinajstić information content (AvgIpc) is 3.44. The summed E-state index contributed by atoms with van der Waals surface area (Å²) in [6.45, 7) is 3.02. The van der Waals surface area contributed by atoms with Gasteiger partial charge in [0.2, 0.25) is 0 Å². The second kappa shape index (κ2) is 9.25. The molecule has 0 fully saturated rings. The van der Waals surface area contributed by atoms with Gasteiger partial charge in [0.15, 0.2) is 0 Å². The van der Waals surface area contributed by atoms with Crippen LogP contribution in [0, 0.1) is 0 Å². The van der Waals surface area contributed by atoms with E-state index in [9.17, 15) is 4.79 Å². The fraction of sp³-hybridized carbons (Fsp3) is 0.217. The topological polar surface area (TPSA) is 86.9 Å². The van der Waals surface area contributed by atoms with Gasteiger partial charge in [-0.15, -0.1) is 0 Å². The average molecular weight is 416 g/mol. The lowest BCUT2D eigenvalue weighted by atomic mass is 10.1. The van der Waals surface area contributed by atoms with Gasteiger partial charge in [0.1, 0.15) is 24.1 Å². The van der Waals surface area contributed by atoms with E-state index < -0.39 is 0 Å². The van der Waals surface area contributed by atoms with Crippen LogP contribution in [0.1, 0.15) is 22.8 Å². The molecule has 1 unspecified atom stereocenters. The monoisotopic (exact) mass is 416 g/mol. The van der Waals surface area contributed by atoms with E-state index in [2.05, 4.69) is 15.4 Å². The van der Waals surface area contributed by atoms with Gasteiger partial charge in [-0.25, -0.2) is 4.98 Å². The van der Waals surface area contributed by atoms with Gasteiger partial charge in [0, 0.05) is 17.8 Å². The van der Waals surface area contributed by atoms with Crippen molar-refractivity contribution in [3.63, 3.8) is 0 Å². The van der Waals surface area contributed by atoms with Crippen LogP contribution in [0.4, 0.5) is 0 Å². The quantitative estimate of drug-likeness (QED) is 0.477. The Bertz CT molecular complexity index is 1140. The smallest absolute Gasteiger partial charge is 0.255 e. The largest absolute Gasteiger partial charge is 0.497 e. The second-order valence-electron chi connectivity index (χ2n) is 7.30. The lowest BCUT2D eigenvalue weighted by molar-refractivity contribution is 0.0936. The van der Waals surface area contributed by atoms with Crippen molar-refractivity contribution in [1.29, 1.82) is 0 Å². The first kappa shape index (κ1) is 20.3. The molecule has 2 aromatic carbocycles. The first-order chi connectivity index (χ1) is 15.1. The van der Waals surface area contributed by atoms with Gasteiger partial charge in [-0.1, -0.05) is 42.5 Å². The number of carbonyl (C=O) groups excluding carboxylic acids is 1. The molecule has 158 valence electrons. The molecule has 0 bridgehead atoms. The molecule has 4 rings (SSSR count). The van der Waals surface area contributed by atoms with Crippen LogP contribution < -0.4 is 10.1 Å². The zero-order valence-electron chi connectivity index (χ0n) is 17.5. The summed E-state index contributed by atoms with van der Waals surface area (Å²) in [7, 11) is 1.62. The summed E-state index contributed by atoms with van der Waals surface area (Å²) in [4.78, 5) is 17.1. The number of ether oxygens (including phenoxy) is 1. The standard InChI is InChI=1S/C23H24N6O2/c1-17(12-29-16-24-15-25-29)26-23(30)21-14-28(13-18-7-4-3-5-8-18)27-22(21)19-9-6-10-20(11-19)31-2/h3-11,14-17H,12-13H2,1-2H3,(H,26,30). The summed E-state index contributed by atoms with van der Waals surface area (Å²) in [5.41, 5.74) is 3.05. The lowest BCUT2D eigenvalue weighted by Gasteiger charge is -2.13. The van der Waals surface area contributed by atoms with E-state index in [1.165, 1.54) is 6.33 Å². The molecule has 0 aliphatic rings. The molecule has 4 aromatic rings. The fourth-order valence-electron chi connectivity index (χ4n) is 3.38. The van der Waals surface area contributed by atoms with Gasteiger partial charge in [-0.3, -0.25) is 14.2 Å². The first-order valence-electron chi connectivity index (χ1n) is 10.0. The van der Waals surface area contributed by atoms with Crippen LogP contribution in [-0.4, -0.2) is 43.6 Å². The number of rotatable bonds is 8. The minimum absolute atomic E-state index is 0.134. The van der Waals surface area contributed by atoms with Crippen molar-refractivity contribution in [2.24, 2.45) is 0 Å². The zero-order chi connectivity index (χ0) is 21.6. The highest BCUT2D eigenvalue weighted by Gasteiger charge is 2.20. The maximum atomic E-state index is 13.2. The molecule has 0 saturated heterocycles. The van der Waals surface area contributed by atoms with E-state index in [0.29, 0.717) is 30.1 Å². The van der Waals surface area contributed by atoms with Crippen molar-refractivity contribution < 1.29 is 9.53 Å². The SMILES string of the molecule is COc1cccc(-c2nn(Cc3ccccc3)cc2C(=O)NC(C)Cn2cncn2)c1. The number of aromatic nitrogens is 5. The molecule has 1 amide bonds. The second-order valence-corrected chi connectivity index (χ2v) is 7.30. The Kier molecular flexibility index (Phi) is 6.07. The van der Waals surface area contributed by atoms with Crippen LogP contribution in [0.3, 0.4) is 0 Å². The molecular weight excluding hydrogens is 392 g/mol. The fourth-order valence-corrected chi connectivity index (χ4v) is 3.38. The predicted molar refractivity (Wildman–Crippen MR) is 117 cm³/mol. The van der Waals surface area contributed by atoms with Crippen LogP contribution in [0.5, 0.6) is 5.75 Å². The van der Waals surface area contributed by atoms with Crippen LogP contribution in [0.25, 0.3) is 11.3 Å². The van der Waals surface area contributed by atoms with Gasteiger partial charge in [0.05, 0.1) is 25.8 Å². The van der Waals surface area contributed by atoms with Crippen LogP contribution in [-0.2, 0) is 13.1 Å². The highest BCUT2D eigenvalue weighted by atomic mass is 16.5. The molecule has 2 heterocycles. The number of carbonyl (C=O) groups is 1. The molecule has 8 heteroatoms. The van der Waals surface area contributed by atoms with E-state index in [0.717, 1.165) is 11.1 Å². The van der Waals surface area contributed by atoms with E-state index >= 15 is 0 Å². The summed E-state index contributed by atoms with van der Waals surface area (Å²) in [5.74, 6) is 0.519. The Morgan fingerprint density at radius 2 is 1.97 bits per heavy atom. The Morgan fingerprint density at radius 3 is 2.71 bits per heavy atom. The highest BCUT2D eigenvalue weighted by Crippen LogP contribution is 2.26. The Hall–Kier alpha value is -3.94. The maximum Gasteiger partial charge on any atom is 0.255 e. The van der Waals surface area contributed by atoms with E-state index in [1.807, 2.05) is 61.5 Å². The minimum Gasteiger partial charge on any atom is -0.497 e. The Labute approximate surface area is 180 Å². The van der Waals surface area contributed by atoms with Crippen molar-refractivity contribution in [3.8, 4) is 17.0 Å².